The average Bonchev–Trinajstić information content (AvgIpc) is 2.31. The number of anilines is 2. The molecule has 0 unspecified atom stereocenters. The van der Waals surface area contributed by atoms with E-state index in [1.54, 1.807) is 24.3 Å². The van der Waals surface area contributed by atoms with Crippen molar-refractivity contribution in [2.75, 3.05) is 5.32 Å². The second-order valence-corrected chi connectivity index (χ2v) is 3.87. The highest BCUT2D eigenvalue weighted by molar-refractivity contribution is 6.30. The summed E-state index contributed by atoms with van der Waals surface area (Å²) >= 11 is 5.80. The first-order valence-electron chi connectivity index (χ1n) is 4.92. The molecular formula is C11H8ClN3O3. The fraction of sp³-hybridized carbons (Fsp3) is 0. The first-order valence-corrected chi connectivity index (χ1v) is 5.29. The predicted octanol–water partition coefficient (Wildman–Crippen LogP) is 1.87. The smallest absolute Gasteiger partial charge is 0.339 e. The molecule has 7 heteroatoms. The van der Waals surface area contributed by atoms with Gasteiger partial charge in [-0.15, -0.1) is 0 Å². The Hall–Kier alpha value is -2.34. The van der Waals surface area contributed by atoms with Crippen LogP contribution >= 0.6 is 11.6 Å². The molecule has 2 rings (SSSR count). The van der Waals surface area contributed by atoms with E-state index >= 15 is 0 Å². The summed E-state index contributed by atoms with van der Waals surface area (Å²) in [5.41, 5.74) is -0.215. The number of H-pyrrole nitrogens is 1. The molecule has 0 aliphatic heterocycles. The molecule has 18 heavy (non-hydrogen) atoms. The zero-order valence-electron chi connectivity index (χ0n) is 8.98. The van der Waals surface area contributed by atoms with E-state index in [0.29, 0.717) is 10.7 Å². The average molecular weight is 266 g/mol. The van der Waals surface area contributed by atoms with E-state index in [1.807, 2.05) is 0 Å². The Kier molecular flexibility index (Phi) is 3.29. The predicted molar refractivity (Wildman–Crippen MR) is 66.6 cm³/mol. The van der Waals surface area contributed by atoms with Gasteiger partial charge in [-0.3, -0.25) is 4.79 Å². The maximum atomic E-state index is 11.0. The molecule has 6 nitrogen and oxygen atoms in total. The molecule has 0 aliphatic rings. The van der Waals surface area contributed by atoms with Gasteiger partial charge in [0, 0.05) is 16.8 Å². The number of aromatic amines is 1. The van der Waals surface area contributed by atoms with Crippen molar-refractivity contribution in [3.8, 4) is 0 Å². The number of carbonyl (C=O) groups is 1. The van der Waals surface area contributed by atoms with Gasteiger partial charge in [0.15, 0.2) is 5.82 Å². The number of nitrogens with one attached hydrogen (secondary N) is 2. The van der Waals surface area contributed by atoms with Gasteiger partial charge in [-0.1, -0.05) is 17.7 Å². The summed E-state index contributed by atoms with van der Waals surface area (Å²) in [6, 6.07) is 7.66. The summed E-state index contributed by atoms with van der Waals surface area (Å²) in [5.74, 6) is -1.19. The van der Waals surface area contributed by atoms with Gasteiger partial charge in [0.1, 0.15) is 5.56 Å². The van der Waals surface area contributed by atoms with Crippen LogP contribution in [0.3, 0.4) is 0 Å². The molecule has 0 spiro atoms. The molecule has 1 heterocycles. The first kappa shape index (κ1) is 12.1. The number of nitrogens with zero attached hydrogens (tertiary/aromatic N) is 1. The molecule has 1 aromatic heterocycles. The van der Waals surface area contributed by atoms with Crippen LogP contribution < -0.4 is 10.9 Å². The van der Waals surface area contributed by atoms with E-state index in [-0.39, 0.29) is 11.4 Å². The maximum Gasteiger partial charge on any atom is 0.339 e. The van der Waals surface area contributed by atoms with Crippen LogP contribution in [0.4, 0.5) is 11.5 Å². The highest BCUT2D eigenvalue weighted by Crippen LogP contribution is 2.20. The van der Waals surface area contributed by atoms with Crippen molar-refractivity contribution in [3.05, 3.63) is 51.3 Å². The molecule has 0 aliphatic carbocycles. The minimum Gasteiger partial charge on any atom is -0.478 e. The number of carboxylic acids is 1. The first-order chi connectivity index (χ1) is 8.56. The van der Waals surface area contributed by atoms with Crippen molar-refractivity contribution in [2.45, 2.75) is 0 Å². The molecule has 0 saturated carbocycles. The monoisotopic (exact) mass is 265 g/mol. The van der Waals surface area contributed by atoms with Crippen molar-refractivity contribution in [1.82, 2.24) is 10.2 Å². The molecular weight excluding hydrogens is 258 g/mol. The molecule has 0 saturated heterocycles. The van der Waals surface area contributed by atoms with Crippen LogP contribution in [0.2, 0.25) is 5.02 Å². The van der Waals surface area contributed by atoms with Gasteiger partial charge in [0.05, 0.1) is 0 Å². The number of aromatic carboxylic acids is 1. The number of benzene rings is 1. The normalized spacial score (nSPS) is 10.1. The van der Waals surface area contributed by atoms with E-state index in [9.17, 15) is 9.59 Å². The van der Waals surface area contributed by atoms with Crippen molar-refractivity contribution in [1.29, 1.82) is 0 Å². The summed E-state index contributed by atoms with van der Waals surface area (Å²) in [4.78, 5) is 22.0. The second-order valence-electron chi connectivity index (χ2n) is 3.43. The van der Waals surface area contributed by atoms with E-state index in [0.717, 1.165) is 6.07 Å². The number of rotatable bonds is 3. The number of halogens is 1. The minimum atomic E-state index is -1.24. The van der Waals surface area contributed by atoms with Crippen molar-refractivity contribution in [3.63, 3.8) is 0 Å². The summed E-state index contributed by atoms with van der Waals surface area (Å²) in [5, 5.41) is 18.1. The van der Waals surface area contributed by atoms with Crippen LogP contribution in [-0.4, -0.2) is 21.3 Å². The lowest BCUT2D eigenvalue weighted by molar-refractivity contribution is 0.0697. The van der Waals surface area contributed by atoms with Gasteiger partial charge in [0.2, 0.25) is 0 Å². The number of aromatic nitrogens is 2. The minimum absolute atomic E-state index is 0.0457. The standard InChI is InChI=1S/C11H8ClN3O3/c12-6-2-1-3-7(4-6)13-10-8(11(17)18)5-9(16)14-15-10/h1-5H,(H,13,15)(H,14,16)(H,17,18). The molecule has 1 aromatic carbocycles. The van der Waals surface area contributed by atoms with Crippen molar-refractivity contribution < 1.29 is 9.90 Å². The lowest BCUT2D eigenvalue weighted by Crippen LogP contribution is -2.14. The van der Waals surface area contributed by atoms with E-state index < -0.39 is 11.5 Å². The number of hydrogen-bond donors (Lipinski definition) is 3. The van der Waals surface area contributed by atoms with Gasteiger partial charge in [-0.05, 0) is 18.2 Å². The highest BCUT2D eigenvalue weighted by atomic mass is 35.5. The summed E-state index contributed by atoms with van der Waals surface area (Å²) < 4.78 is 0. The zero-order chi connectivity index (χ0) is 13.1. The lowest BCUT2D eigenvalue weighted by atomic mass is 10.2. The maximum absolute atomic E-state index is 11.0. The Bertz CT molecular complexity index is 654. The summed E-state index contributed by atoms with van der Waals surface area (Å²) in [6.45, 7) is 0. The highest BCUT2D eigenvalue weighted by Gasteiger charge is 2.12. The Morgan fingerprint density at radius 2 is 2.17 bits per heavy atom. The van der Waals surface area contributed by atoms with Crippen molar-refractivity contribution in [2.24, 2.45) is 0 Å². The lowest BCUT2D eigenvalue weighted by Gasteiger charge is -2.07. The van der Waals surface area contributed by atoms with Gasteiger partial charge in [-0.25, -0.2) is 9.89 Å². The molecule has 0 amide bonds. The Morgan fingerprint density at radius 1 is 1.39 bits per heavy atom. The van der Waals surface area contributed by atoms with E-state index in [4.69, 9.17) is 16.7 Å². The molecule has 3 N–H and O–H groups in total. The Balaban J connectivity index is 2.40. The topological polar surface area (TPSA) is 95.1 Å². The summed E-state index contributed by atoms with van der Waals surface area (Å²) in [7, 11) is 0. The van der Waals surface area contributed by atoms with Gasteiger partial charge in [-0.2, -0.15) is 5.10 Å². The zero-order valence-corrected chi connectivity index (χ0v) is 9.73. The van der Waals surface area contributed by atoms with Crippen LogP contribution in [0.25, 0.3) is 0 Å². The molecule has 0 fully saturated rings. The fourth-order valence-electron chi connectivity index (χ4n) is 1.36. The third-order valence-electron chi connectivity index (χ3n) is 2.13. The van der Waals surface area contributed by atoms with Crippen LogP contribution in [0, 0.1) is 0 Å². The molecule has 92 valence electrons. The fourth-order valence-corrected chi connectivity index (χ4v) is 1.55. The quantitative estimate of drug-likeness (QED) is 0.787. The van der Waals surface area contributed by atoms with Crippen molar-refractivity contribution >= 4 is 29.1 Å². The Labute approximate surface area is 106 Å². The van der Waals surface area contributed by atoms with E-state index in [2.05, 4.69) is 15.5 Å². The third kappa shape index (κ3) is 2.67. The van der Waals surface area contributed by atoms with Crippen LogP contribution in [0.1, 0.15) is 10.4 Å². The molecule has 0 atom stereocenters. The largest absolute Gasteiger partial charge is 0.478 e. The van der Waals surface area contributed by atoms with Crippen LogP contribution in [0.15, 0.2) is 35.1 Å². The summed E-state index contributed by atoms with van der Waals surface area (Å²) in [6.07, 6.45) is 0. The number of hydrogen-bond acceptors (Lipinski definition) is 4. The van der Waals surface area contributed by atoms with Crippen LogP contribution in [0.5, 0.6) is 0 Å². The Morgan fingerprint density at radius 3 is 2.83 bits per heavy atom. The molecule has 0 bridgehead atoms. The SMILES string of the molecule is O=C(O)c1cc(=O)[nH]nc1Nc1cccc(Cl)c1. The van der Waals surface area contributed by atoms with Crippen LogP contribution in [-0.2, 0) is 0 Å². The van der Waals surface area contributed by atoms with Gasteiger partial charge >= 0.3 is 5.97 Å². The van der Waals surface area contributed by atoms with E-state index in [1.165, 1.54) is 0 Å². The second kappa shape index (κ2) is 4.89. The van der Waals surface area contributed by atoms with Gasteiger partial charge in [0.25, 0.3) is 5.56 Å². The number of carboxylic acid groups (broad SMARTS) is 1. The third-order valence-corrected chi connectivity index (χ3v) is 2.36. The molecule has 0 radical (unpaired) electrons. The molecule has 2 aromatic rings. The van der Waals surface area contributed by atoms with Gasteiger partial charge < -0.3 is 10.4 Å².